The summed E-state index contributed by atoms with van der Waals surface area (Å²) in [5.41, 5.74) is 1.07. The zero-order valence-corrected chi connectivity index (χ0v) is 17.6. The molecule has 7 nitrogen and oxygen atoms in total. The predicted molar refractivity (Wildman–Crippen MR) is 114 cm³/mol. The van der Waals surface area contributed by atoms with Crippen LogP contribution in [0.15, 0.2) is 60.0 Å². The number of carbonyl (C=O) groups excluding carboxylic acids is 4. The number of thiophene rings is 1. The molecule has 0 fully saturated rings. The topological polar surface area (TPSA) is 92.8 Å². The number of nitrogens with zero attached hydrogens (tertiary/aromatic N) is 1. The van der Waals surface area contributed by atoms with Crippen LogP contribution in [0.5, 0.6) is 0 Å². The summed E-state index contributed by atoms with van der Waals surface area (Å²) in [7, 11) is 1.36. The molecule has 0 saturated carbocycles. The van der Waals surface area contributed by atoms with Gasteiger partial charge in [-0.1, -0.05) is 18.2 Å². The third-order valence-corrected chi connectivity index (χ3v) is 5.93. The molecule has 4 rings (SSSR count). The van der Waals surface area contributed by atoms with Crippen molar-refractivity contribution in [3.63, 3.8) is 0 Å². The number of esters is 1. The summed E-state index contributed by atoms with van der Waals surface area (Å²) in [6.07, 6.45) is 0. The normalized spacial score (nSPS) is 13.6. The van der Waals surface area contributed by atoms with Gasteiger partial charge in [-0.25, -0.2) is 9.18 Å². The van der Waals surface area contributed by atoms with Crippen LogP contribution in [0.4, 0.5) is 4.39 Å². The zero-order chi connectivity index (χ0) is 22.8. The SMILES string of the molecule is CN1C(=O)c2ccc(C(=O)OCC(=O)NC(c3ccc(F)cc3)c3cccs3)cc2C1=O. The summed E-state index contributed by atoms with van der Waals surface area (Å²) in [5.74, 6) is -2.68. The van der Waals surface area contributed by atoms with Crippen molar-refractivity contribution in [1.29, 1.82) is 0 Å². The Labute approximate surface area is 186 Å². The lowest BCUT2D eigenvalue weighted by molar-refractivity contribution is -0.124. The van der Waals surface area contributed by atoms with Gasteiger partial charge in [0.25, 0.3) is 17.7 Å². The molecule has 9 heteroatoms. The lowest BCUT2D eigenvalue weighted by Crippen LogP contribution is -2.32. The molecule has 0 saturated heterocycles. The molecule has 3 amide bonds. The first-order valence-electron chi connectivity index (χ1n) is 9.57. The molecule has 2 heterocycles. The summed E-state index contributed by atoms with van der Waals surface area (Å²) in [6, 6.07) is 12.9. The van der Waals surface area contributed by atoms with Crippen LogP contribution in [-0.4, -0.2) is 42.2 Å². The minimum Gasteiger partial charge on any atom is -0.452 e. The second kappa shape index (κ2) is 8.72. The van der Waals surface area contributed by atoms with Crippen molar-refractivity contribution in [1.82, 2.24) is 10.2 Å². The van der Waals surface area contributed by atoms with Crippen molar-refractivity contribution < 1.29 is 28.3 Å². The number of hydrogen-bond acceptors (Lipinski definition) is 6. The number of halogens is 1. The standard InChI is InChI=1S/C23H17FN2O5S/c1-26-21(28)16-9-6-14(11-17(16)22(26)29)23(30)31-12-19(27)25-20(18-3-2-10-32-18)13-4-7-15(24)8-5-13/h2-11,20H,12H2,1H3,(H,25,27). The minimum atomic E-state index is -0.799. The molecule has 32 heavy (non-hydrogen) atoms. The van der Waals surface area contributed by atoms with Gasteiger partial charge in [-0.2, -0.15) is 0 Å². The summed E-state index contributed by atoms with van der Waals surface area (Å²) in [6.45, 7) is -0.550. The number of benzene rings is 2. The van der Waals surface area contributed by atoms with Gasteiger partial charge in [-0.3, -0.25) is 19.3 Å². The van der Waals surface area contributed by atoms with E-state index in [-0.39, 0.29) is 22.5 Å². The van der Waals surface area contributed by atoms with Crippen LogP contribution in [0.1, 0.15) is 47.6 Å². The average molecular weight is 452 g/mol. The van der Waals surface area contributed by atoms with E-state index in [4.69, 9.17) is 4.74 Å². The summed E-state index contributed by atoms with van der Waals surface area (Å²) in [5, 5.41) is 4.65. The summed E-state index contributed by atoms with van der Waals surface area (Å²) >= 11 is 1.43. The van der Waals surface area contributed by atoms with Crippen LogP contribution in [0.3, 0.4) is 0 Å². The lowest BCUT2D eigenvalue weighted by Gasteiger charge is -2.18. The predicted octanol–water partition coefficient (Wildman–Crippen LogP) is 3.18. The Hall–Kier alpha value is -3.85. The quantitative estimate of drug-likeness (QED) is 0.458. The van der Waals surface area contributed by atoms with E-state index >= 15 is 0 Å². The van der Waals surface area contributed by atoms with Gasteiger partial charge in [0.2, 0.25) is 0 Å². The molecule has 162 valence electrons. The molecular formula is C23H17FN2O5S. The molecule has 0 radical (unpaired) electrons. The molecule has 2 aromatic carbocycles. The Morgan fingerprint density at radius 1 is 1.06 bits per heavy atom. The highest BCUT2D eigenvalue weighted by atomic mass is 32.1. The van der Waals surface area contributed by atoms with Gasteiger partial charge in [0.15, 0.2) is 6.61 Å². The Bertz CT molecular complexity index is 1210. The molecule has 0 aliphatic carbocycles. The number of imide groups is 1. The fourth-order valence-electron chi connectivity index (χ4n) is 3.33. The van der Waals surface area contributed by atoms with Gasteiger partial charge >= 0.3 is 5.97 Å². The average Bonchev–Trinajstić information content (AvgIpc) is 3.40. The number of ether oxygens (including phenoxy) is 1. The maximum Gasteiger partial charge on any atom is 0.338 e. The fraction of sp³-hybridized carbons (Fsp3) is 0.130. The highest BCUT2D eigenvalue weighted by molar-refractivity contribution is 7.10. The van der Waals surface area contributed by atoms with Gasteiger partial charge in [-0.05, 0) is 47.3 Å². The van der Waals surface area contributed by atoms with Crippen LogP contribution in [0.2, 0.25) is 0 Å². The third-order valence-electron chi connectivity index (χ3n) is 5.00. The van der Waals surface area contributed by atoms with Crippen molar-refractivity contribution in [2.75, 3.05) is 13.7 Å². The van der Waals surface area contributed by atoms with E-state index in [1.54, 1.807) is 12.1 Å². The van der Waals surface area contributed by atoms with Crippen LogP contribution >= 0.6 is 11.3 Å². The zero-order valence-electron chi connectivity index (χ0n) is 16.8. The van der Waals surface area contributed by atoms with Crippen LogP contribution in [0, 0.1) is 5.82 Å². The maximum absolute atomic E-state index is 13.3. The van der Waals surface area contributed by atoms with Gasteiger partial charge < -0.3 is 10.1 Å². The lowest BCUT2D eigenvalue weighted by atomic mass is 10.1. The summed E-state index contributed by atoms with van der Waals surface area (Å²) in [4.78, 5) is 50.7. The van der Waals surface area contributed by atoms with E-state index in [0.717, 1.165) is 9.78 Å². The highest BCUT2D eigenvalue weighted by Crippen LogP contribution is 2.26. The molecule has 0 bridgehead atoms. The van der Waals surface area contributed by atoms with E-state index in [2.05, 4.69) is 5.32 Å². The Morgan fingerprint density at radius 2 is 1.78 bits per heavy atom. The maximum atomic E-state index is 13.3. The van der Waals surface area contributed by atoms with Crippen LogP contribution in [-0.2, 0) is 9.53 Å². The minimum absolute atomic E-state index is 0.0568. The van der Waals surface area contributed by atoms with Gasteiger partial charge in [0.1, 0.15) is 5.82 Å². The Kier molecular flexibility index (Phi) is 5.83. The van der Waals surface area contributed by atoms with E-state index in [0.29, 0.717) is 5.56 Å². The van der Waals surface area contributed by atoms with Crippen molar-refractivity contribution in [3.8, 4) is 0 Å². The first-order valence-corrected chi connectivity index (χ1v) is 10.4. The Balaban J connectivity index is 1.43. The van der Waals surface area contributed by atoms with E-state index in [1.807, 2.05) is 17.5 Å². The smallest absolute Gasteiger partial charge is 0.338 e. The number of carbonyl (C=O) groups is 4. The molecule has 1 N–H and O–H groups in total. The number of hydrogen-bond donors (Lipinski definition) is 1. The van der Waals surface area contributed by atoms with Crippen LogP contribution < -0.4 is 5.32 Å². The number of rotatable bonds is 6. The fourth-order valence-corrected chi connectivity index (χ4v) is 4.14. The van der Waals surface area contributed by atoms with E-state index in [1.165, 1.54) is 48.7 Å². The Morgan fingerprint density at radius 3 is 2.47 bits per heavy atom. The largest absolute Gasteiger partial charge is 0.452 e. The molecular weight excluding hydrogens is 435 g/mol. The van der Waals surface area contributed by atoms with Crippen LogP contribution in [0.25, 0.3) is 0 Å². The van der Waals surface area contributed by atoms with E-state index < -0.39 is 36.3 Å². The highest BCUT2D eigenvalue weighted by Gasteiger charge is 2.33. The molecule has 1 aliphatic heterocycles. The van der Waals surface area contributed by atoms with Crippen molar-refractivity contribution in [3.05, 3.63) is 92.9 Å². The molecule has 0 spiro atoms. The van der Waals surface area contributed by atoms with Crippen molar-refractivity contribution in [2.24, 2.45) is 0 Å². The molecule has 1 aliphatic rings. The first kappa shape index (κ1) is 21.4. The first-order chi connectivity index (χ1) is 15.3. The number of fused-ring (bicyclic) bond motifs is 1. The second-order valence-electron chi connectivity index (χ2n) is 7.07. The molecule has 1 aromatic heterocycles. The second-order valence-corrected chi connectivity index (χ2v) is 8.05. The van der Waals surface area contributed by atoms with Crippen molar-refractivity contribution in [2.45, 2.75) is 6.04 Å². The molecule has 1 unspecified atom stereocenters. The number of nitrogens with one attached hydrogen (secondary N) is 1. The van der Waals surface area contributed by atoms with Gasteiger partial charge in [0.05, 0.1) is 22.7 Å². The molecule has 1 atom stereocenters. The van der Waals surface area contributed by atoms with Gasteiger partial charge in [0, 0.05) is 11.9 Å². The summed E-state index contributed by atoms with van der Waals surface area (Å²) < 4.78 is 18.4. The monoisotopic (exact) mass is 452 g/mol. The molecule has 3 aromatic rings. The number of amides is 3. The third kappa shape index (κ3) is 4.15. The van der Waals surface area contributed by atoms with Crippen molar-refractivity contribution >= 4 is 35.0 Å². The van der Waals surface area contributed by atoms with Gasteiger partial charge in [-0.15, -0.1) is 11.3 Å². The van der Waals surface area contributed by atoms with E-state index in [9.17, 15) is 23.6 Å².